The molecule has 0 spiro atoms. The first kappa shape index (κ1) is 41.7. The van der Waals surface area contributed by atoms with E-state index in [2.05, 4.69) is 53.8 Å². The van der Waals surface area contributed by atoms with Crippen LogP contribution in [0.25, 0.3) is 32.8 Å². The fourth-order valence-corrected chi connectivity index (χ4v) is 7.71. The van der Waals surface area contributed by atoms with Crippen molar-refractivity contribution in [2.75, 3.05) is 10.6 Å². The maximum Gasteiger partial charge on any atom is 0.296 e. The monoisotopic (exact) mass is 899 g/mol. The molecule has 7 aromatic heterocycles. The Bertz CT molecular complexity index is 3150. The summed E-state index contributed by atoms with van der Waals surface area (Å²) in [6.45, 7) is 0.971. The third-order valence-corrected chi connectivity index (χ3v) is 10.8. The van der Waals surface area contributed by atoms with E-state index >= 15 is 0 Å². The van der Waals surface area contributed by atoms with Crippen LogP contribution >= 0.6 is 46.4 Å². The molecule has 62 heavy (non-hydrogen) atoms. The smallest absolute Gasteiger partial charge is 0.296 e. The number of fused-ring (bicyclic) bond motifs is 3. The van der Waals surface area contributed by atoms with E-state index in [0.717, 1.165) is 21.9 Å². The van der Waals surface area contributed by atoms with Crippen molar-refractivity contribution in [2.24, 2.45) is 0 Å². The van der Waals surface area contributed by atoms with Gasteiger partial charge in [0.1, 0.15) is 11.3 Å². The van der Waals surface area contributed by atoms with Crippen LogP contribution in [-0.4, -0.2) is 57.4 Å². The Morgan fingerprint density at radius 1 is 0.500 bits per heavy atom. The van der Waals surface area contributed by atoms with Gasteiger partial charge in [-0.15, -0.1) is 0 Å². The van der Waals surface area contributed by atoms with Crippen LogP contribution in [0.15, 0.2) is 141 Å². The van der Waals surface area contributed by atoms with Crippen molar-refractivity contribution in [3.05, 3.63) is 183 Å². The highest BCUT2D eigenvalue weighted by Crippen LogP contribution is 2.31. The Kier molecular flexibility index (Phi) is 12.3. The molecule has 0 saturated heterocycles. The van der Waals surface area contributed by atoms with E-state index in [0.29, 0.717) is 35.2 Å². The number of nitrogens with zero attached hydrogens (tertiary/aromatic N) is 7. The molecule has 0 radical (unpaired) electrons. The lowest BCUT2D eigenvalue weighted by Crippen LogP contribution is -2.23. The second-order valence-electron chi connectivity index (χ2n) is 13.6. The molecule has 0 atom stereocenters. The van der Waals surface area contributed by atoms with Gasteiger partial charge in [-0.2, -0.15) is 0 Å². The summed E-state index contributed by atoms with van der Waals surface area (Å²) in [5.41, 5.74) is 4.04. The number of carbonyl (C=O) groups is 4. The second-order valence-corrected chi connectivity index (χ2v) is 15.2. The first-order valence-electron chi connectivity index (χ1n) is 18.6. The number of carbonyl (C=O) groups excluding carboxylic acids is 4. The molecule has 13 nitrogen and oxygen atoms in total. The molecule has 0 aliphatic rings. The highest BCUT2D eigenvalue weighted by atomic mass is 35.5. The lowest BCUT2D eigenvalue weighted by atomic mass is 10.0. The summed E-state index contributed by atoms with van der Waals surface area (Å²) in [4.78, 5) is 71.9. The van der Waals surface area contributed by atoms with Crippen molar-refractivity contribution in [3.63, 3.8) is 0 Å². The summed E-state index contributed by atoms with van der Waals surface area (Å²) < 4.78 is 3.70. The second kappa shape index (κ2) is 18.3. The summed E-state index contributed by atoms with van der Waals surface area (Å²) in [5, 5.41) is 8.94. The maximum atomic E-state index is 13.1. The number of anilines is 2. The minimum absolute atomic E-state index is 0.139. The SMILES string of the molecule is O=C(Nc1c(Cl)cncc1Cl)C(=O)c1cn(Cc2cccc3ccccc23)c2ncccc12.O=C(Nc1c(Cl)cncc1Cl)C(=O)c1cn(Cc2ccncc2)c2ncccc12. The molecule has 0 aliphatic heterocycles. The van der Waals surface area contributed by atoms with Crippen molar-refractivity contribution >= 4 is 114 Å². The van der Waals surface area contributed by atoms with Crippen molar-refractivity contribution < 1.29 is 19.2 Å². The Hall–Kier alpha value is -7.03. The molecular weight excluding hydrogens is 872 g/mol. The van der Waals surface area contributed by atoms with Gasteiger partial charge in [0.2, 0.25) is 0 Å². The third-order valence-electron chi connectivity index (χ3n) is 9.68. The molecule has 0 bridgehead atoms. The molecule has 306 valence electrons. The fraction of sp³-hybridized carbons (Fsp3) is 0.0444. The summed E-state index contributed by atoms with van der Waals surface area (Å²) >= 11 is 24.2. The molecule has 17 heteroatoms. The Labute approximate surface area is 372 Å². The molecule has 2 N–H and O–H groups in total. The molecule has 0 aliphatic carbocycles. The van der Waals surface area contributed by atoms with Crippen molar-refractivity contribution in [1.82, 2.24) is 34.1 Å². The van der Waals surface area contributed by atoms with Crippen LogP contribution in [-0.2, 0) is 22.7 Å². The van der Waals surface area contributed by atoms with E-state index in [1.807, 2.05) is 45.5 Å². The predicted octanol–water partition coefficient (Wildman–Crippen LogP) is 9.76. The van der Waals surface area contributed by atoms with Gasteiger partial charge in [-0.3, -0.25) is 34.1 Å². The number of Topliss-reactive ketones (excluding diaryl/α,β-unsaturated/α-hetero) is 2. The summed E-state index contributed by atoms with van der Waals surface area (Å²) in [5.74, 6) is -3.14. The highest BCUT2D eigenvalue weighted by molar-refractivity contribution is 6.51. The third kappa shape index (κ3) is 8.74. The largest absolute Gasteiger partial charge is 0.327 e. The minimum atomic E-state index is -0.855. The quantitative estimate of drug-likeness (QED) is 0.100. The molecule has 0 unspecified atom stereocenters. The topological polar surface area (TPSA) is 167 Å². The molecule has 2 amide bonds. The Balaban J connectivity index is 0.000000172. The number of rotatable bonds is 10. The molecule has 0 fully saturated rings. The standard InChI is InChI=1S/C25H16Cl2N4O2.C20H13Cl2N5O2/c26-20-11-28-12-21(27)22(20)30-25(33)23(32)19-14-31(24-18(19)9-4-10-29-24)13-16-7-3-6-15-5-1-2-8-17(15)16;21-15-8-24-9-16(22)17(15)26-20(29)18(28)14-11-27(10-12-3-6-23-7-4-12)19-13(14)2-1-5-25-19/h1-12,14H,13H2,(H,28,30,33);1-9,11H,10H2,(H,24,26,29). The van der Waals surface area contributed by atoms with Gasteiger partial charge in [0.25, 0.3) is 23.4 Å². The molecular formula is C45H29Cl4N9O4. The number of hydrogen-bond acceptors (Lipinski definition) is 9. The van der Waals surface area contributed by atoms with E-state index in [9.17, 15) is 19.2 Å². The van der Waals surface area contributed by atoms with Gasteiger partial charge < -0.3 is 19.8 Å². The zero-order chi connectivity index (χ0) is 43.3. The number of hydrogen-bond donors (Lipinski definition) is 2. The van der Waals surface area contributed by atoms with Crippen LogP contribution < -0.4 is 10.6 Å². The normalized spacial score (nSPS) is 11.0. The average molecular weight is 902 g/mol. The fourth-order valence-electron chi connectivity index (χ4n) is 6.79. The van der Waals surface area contributed by atoms with Crippen LogP contribution in [0.3, 0.4) is 0 Å². The van der Waals surface area contributed by atoms with Gasteiger partial charge in [-0.1, -0.05) is 88.9 Å². The van der Waals surface area contributed by atoms with Crippen LogP contribution in [0.4, 0.5) is 11.4 Å². The minimum Gasteiger partial charge on any atom is -0.327 e. The molecule has 9 aromatic rings. The molecule has 9 rings (SSSR count). The lowest BCUT2D eigenvalue weighted by Gasteiger charge is -2.08. The van der Waals surface area contributed by atoms with Gasteiger partial charge in [-0.05, 0) is 58.3 Å². The van der Waals surface area contributed by atoms with Gasteiger partial charge in [0.05, 0.1) is 42.6 Å². The van der Waals surface area contributed by atoms with Crippen LogP contribution in [0.1, 0.15) is 31.8 Å². The molecule has 7 heterocycles. The first-order valence-corrected chi connectivity index (χ1v) is 20.1. The van der Waals surface area contributed by atoms with Gasteiger partial charge in [0, 0.05) is 85.8 Å². The number of aromatic nitrogens is 7. The number of halogens is 4. The highest BCUT2D eigenvalue weighted by Gasteiger charge is 2.25. The zero-order valence-corrected chi connectivity index (χ0v) is 35.0. The van der Waals surface area contributed by atoms with Crippen LogP contribution in [0.5, 0.6) is 0 Å². The first-order chi connectivity index (χ1) is 30.1. The van der Waals surface area contributed by atoms with Gasteiger partial charge in [0.15, 0.2) is 0 Å². The van der Waals surface area contributed by atoms with Gasteiger partial charge >= 0.3 is 0 Å². The summed E-state index contributed by atoms with van der Waals surface area (Å²) in [6, 6.07) is 24.9. The van der Waals surface area contributed by atoms with Crippen LogP contribution in [0, 0.1) is 0 Å². The number of nitrogens with one attached hydrogen (secondary N) is 2. The van der Waals surface area contributed by atoms with Crippen molar-refractivity contribution in [1.29, 1.82) is 0 Å². The van der Waals surface area contributed by atoms with E-state index in [1.54, 1.807) is 61.4 Å². The summed E-state index contributed by atoms with van der Waals surface area (Å²) in [6.07, 6.45) is 15.3. The Morgan fingerprint density at radius 2 is 0.968 bits per heavy atom. The van der Waals surface area contributed by atoms with Crippen molar-refractivity contribution in [2.45, 2.75) is 13.1 Å². The molecule has 0 saturated carbocycles. The predicted molar refractivity (Wildman–Crippen MR) is 240 cm³/mol. The number of ketones is 2. The maximum absolute atomic E-state index is 13.1. The van der Waals surface area contributed by atoms with E-state index < -0.39 is 23.4 Å². The van der Waals surface area contributed by atoms with Gasteiger partial charge in [-0.25, -0.2) is 9.97 Å². The average Bonchev–Trinajstić information content (AvgIpc) is 3.84. The summed E-state index contributed by atoms with van der Waals surface area (Å²) in [7, 11) is 0. The molecule has 2 aromatic carbocycles. The van der Waals surface area contributed by atoms with E-state index in [4.69, 9.17) is 46.4 Å². The van der Waals surface area contributed by atoms with Crippen molar-refractivity contribution in [3.8, 4) is 0 Å². The Morgan fingerprint density at radius 3 is 1.50 bits per heavy atom. The zero-order valence-electron chi connectivity index (χ0n) is 32.0. The number of benzene rings is 2. The van der Waals surface area contributed by atoms with E-state index in [-0.39, 0.29) is 42.6 Å². The lowest BCUT2D eigenvalue weighted by molar-refractivity contribution is -0.113. The van der Waals surface area contributed by atoms with Crippen LogP contribution in [0.2, 0.25) is 20.1 Å². The number of pyridine rings is 5. The number of amides is 2. The van der Waals surface area contributed by atoms with E-state index in [1.165, 1.54) is 24.8 Å².